The van der Waals surface area contributed by atoms with Gasteiger partial charge in [0.15, 0.2) is 0 Å². The number of rotatable bonds is 6. The summed E-state index contributed by atoms with van der Waals surface area (Å²) in [7, 11) is 0. The second-order valence-electron chi connectivity index (χ2n) is 4.91. The van der Waals surface area contributed by atoms with Crippen molar-refractivity contribution in [2.75, 3.05) is 5.75 Å². The molecule has 0 fully saturated rings. The van der Waals surface area contributed by atoms with Crippen molar-refractivity contribution >= 4 is 22.5 Å². The molecular formula is C17H21FS. The molecule has 0 atom stereocenters. The fraction of sp³-hybridized carbons (Fsp3) is 0.412. The van der Waals surface area contributed by atoms with E-state index in [2.05, 4.69) is 26.0 Å². The summed E-state index contributed by atoms with van der Waals surface area (Å²) in [4.78, 5) is 1.04. The number of hydrogen-bond donors (Lipinski definition) is 0. The predicted octanol–water partition coefficient (Wildman–Crippen LogP) is 5.82. The van der Waals surface area contributed by atoms with E-state index in [-0.39, 0.29) is 5.82 Å². The molecule has 2 rings (SSSR count). The van der Waals surface area contributed by atoms with E-state index in [1.165, 1.54) is 18.4 Å². The van der Waals surface area contributed by atoms with Crippen LogP contribution in [0.3, 0.4) is 0 Å². The summed E-state index contributed by atoms with van der Waals surface area (Å²) in [5.41, 5.74) is 1.22. The number of aryl methyl sites for hydroxylation is 1. The molecule has 0 spiro atoms. The Morgan fingerprint density at radius 3 is 2.63 bits per heavy atom. The van der Waals surface area contributed by atoms with Gasteiger partial charge in [-0.3, -0.25) is 0 Å². The highest BCUT2D eigenvalue weighted by Gasteiger charge is 2.05. The summed E-state index contributed by atoms with van der Waals surface area (Å²) >= 11 is 1.75. The van der Waals surface area contributed by atoms with E-state index >= 15 is 0 Å². The third kappa shape index (κ3) is 3.73. The van der Waals surface area contributed by atoms with Crippen molar-refractivity contribution in [2.24, 2.45) is 0 Å². The van der Waals surface area contributed by atoms with Crippen molar-refractivity contribution in [3.63, 3.8) is 0 Å². The second kappa shape index (κ2) is 6.95. The van der Waals surface area contributed by atoms with E-state index < -0.39 is 0 Å². The van der Waals surface area contributed by atoms with Crippen molar-refractivity contribution in [1.82, 2.24) is 0 Å². The molecule has 0 aromatic heterocycles. The number of unbranched alkanes of at least 4 members (excludes halogenated alkanes) is 1. The first-order chi connectivity index (χ1) is 9.24. The Morgan fingerprint density at radius 2 is 1.89 bits per heavy atom. The summed E-state index contributed by atoms with van der Waals surface area (Å²) < 4.78 is 14.2. The van der Waals surface area contributed by atoms with Crippen molar-refractivity contribution in [3.8, 4) is 0 Å². The van der Waals surface area contributed by atoms with Gasteiger partial charge in [-0.05, 0) is 47.7 Å². The van der Waals surface area contributed by atoms with E-state index in [0.29, 0.717) is 0 Å². The maximum absolute atomic E-state index is 14.2. The quantitative estimate of drug-likeness (QED) is 0.473. The summed E-state index contributed by atoms with van der Waals surface area (Å²) in [6.45, 7) is 4.32. The molecule has 19 heavy (non-hydrogen) atoms. The van der Waals surface area contributed by atoms with Gasteiger partial charge in [0.2, 0.25) is 0 Å². The molecule has 2 aromatic carbocycles. The lowest BCUT2D eigenvalue weighted by Crippen LogP contribution is -1.88. The third-order valence-corrected chi connectivity index (χ3v) is 4.31. The number of halogens is 1. The average molecular weight is 276 g/mol. The van der Waals surface area contributed by atoms with Crippen molar-refractivity contribution in [3.05, 3.63) is 41.7 Å². The Hall–Kier alpha value is -1.02. The molecule has 0 saturated heterocycles. The molecule has 0 nitrogen and oxygen atoms in total. The molecule has 0 N–H and O–H groups in total. The van der Waals surface area contributed by atoms with Gasteiger partial charge in [0, 0.05) is 10.3 Å². The standard InChI is InChI=1S/C17H21FS/c1-3-5-9-19-15-11-14-8-7-13(6-4-2)10-16(14)17(18)12-15/h7-8,10-12H,3-6,9H2,1-2H3. The van der Waals surface area contributed by atoms with Crippen molar-refractivity contribution in [1.29, 1.82) is 0 Å². The largest absolute Gasteiger partial charge is 0.206 e. The average Bonchev–Trinajstić information content (AvgIpc) is 2.40. The minimum atomic E-state index is -0.0885. The molecule has 0 aliphatic heterocycles. The summed E-state index contributed by atoms with van der Waals surface area (Å²) in [5, 5.41) is 1.77. The molecule has 0 radical (unpaired) electrons. The highest BCUT2D eigenvalue weighted by Crippen LogP contribution is 2.28. The highest BCUT2D eigenvalue weighted by molar-refractivity contribution is 7.99. The fourth-order valence-corrected chi connectivity index (χ4v) is 3.26. The lowest BCUT2D eigenvalue weighted by molar-refractivity contribution is 0.636. The van der Waals surface area contributed by atoms with Crippen LogP contribution in [0.4, 0.5) is 4.39 Å². The Kier molecular flexibility index (Phi) is 5.26. The van der Waals surface area contributed by atoms with Gasteiger partial charge in [0.25, 0.3) is 0 Å². The van der Waals surface area contributed by atoms with E-state index in [1.54, 1.807) is 17.8 Å². The van der Waals surface area contributed by atoms with Crippen LogP contribution in [0.25, 0.3) is 10.8 Å². The summed E-state index contributed by atoms with van der Waals surface area (Å²) in [5.74, 6) is 0.976. The van der Waals surface area contributed by atoms with Crippen LogP contribution in [0.5, 0.6) is 0 Å². The van der Waals surface area contributed by atoms with E-state index in [4.69, 9.17) is 0 Å². The van der Waals surface area contributed by atoms with Crippen LogP contribution in [0.2, 0.25) is 0 Å². The third-order valence-electron chi connectivity index (χ3n) is 3.25. The molecule has 0 bridgehead atoms. The topological polar surface area (TPSA) is 0 Å². The Labute approximate surface area is 119 Å². The number of hydrogen-bond acceptors (Lipinski definition) is 1. The molecule has 102 valence electrons. The van der Waals surface area contributed by atoms with Gasteiger partial charge < -0.3 is 0 Å². The zero-order valence-electron chi connectivity index (χ0n) is 11.7. The summed E-state index contributed by atoms with van der Waals surface area (Å²) in [6.07, 6.45) is 4.48. The van der Waals surface area contributed by atoms with Gasteiger partial charge in [-0.15, -0.1) is 11.8 Å². The molecule has 0 aliphatic rings. The van der Waals surface area contributed by atoms with Crippen LogP contribution in [0, 0.1) is 5.82 Å². The van der Waals surface area contributed by atoms with Crippen LogP contribution < -0.4 is 0 Å². The molecule has 0 unspecified atom stereocenters. The van der Waals surface area contributed by atoms with Crippen LogP contribution in [0.15, 0.2) is 35.2 Å². The van der Waals surface area contributed by atoms with Gasteiger partial charge in [0.1, 0.15) is 5.82 Å². The van der Waals surface area contributed by atoms with Crippen LogP contribution in [-0.4, -0.2) is 5.75 Å². The lowest BCUT2D eigenvalue weighted by Gasteiger charge is -2.07. The number of thioether (sulfide) groups is 1. The molecule has 2 heteroatoms. The predicted molar refractivity (Wildman–Crippen MR) is 83.5 cm³/mol. The van der Waals surface area contributed by atoms with Crippen LogP contribution >= 0.6 is 11.8 Å². The molecule has 2 aromatic rings. The molecule has 0 saturated carbocycles. The normalized spacial score (nSPS) is 11.1. The lowest BCUT2D eigenvalue weighted by atomic mass is 10.0. The maximum Gasteiger partial charge on any atom is 0.132 e. The van der Waals surface area contributed by atoms with Gasteiger partial charge in [0.05, 0.1) is 0 Å². The number of fused-ring (bicyclic) bond motifs is 1. The molecule has 0 amide bonds. The Morgan fingerprint density at radius 1 is 1.05 bits per heavy atom. The van der Waals surface area contributed by atoms with Crippen LogP contribution in [0.1, 0.15) is 38.7 Å². The second-order valence-corrected chi connectivity index (χ2v) is 6.08. The van der Waals surface area contributed by atoms with E-state index in [0.717, 1.165) is 34.3 Å². The highest BCUT2D eigenvalue weighted by atomic mass is 32.2. The van der Waals surface area contributed by atoms with Gasteiger partial charge >= 0.3 is 0 Å². The minimum absolute atomic E-state index is 0.0885. The van der Waals surface area contributed by atoms with Crippen molar-refractivity contribution < 1.29 is 4.39 Å². The maximum atomic E-state index is 14.2. The number of benzene rings is 2. The summed E-state index contributed by atoms with van der Waals surface area (Å²) in [6, 6.07) is 9.94. The Balaban J connectivity index is 2.28. The van der Waals surface area contributed by atoms with E-state index in [1.807, 2.05) is 12.1 Å². The van der Waals surface area contributed by atoms with Gasteiger partial charge in [-0.2, -0.15) is 0 Å². The first-order valence-electron chi connectivity index (χ1n) is 7.09. The first-order valence-corrected chi connectivity index (χ1v) is 8.08. The Bertz CT molecular complexity index is 548. The molecular weight excluding hydrogens is 255 g/mol. The molecule has 0 aliphatic carbocycles. The van der Waals surface area contributed by atoms with Crippen LogP contribution in [-0.2, 0) is 6.42 Å². The SMILES string of the molecule is CCCCSc1cc(F)c2cc(CCC)ccc2c1. The smallest absolute Gasteiger partial charge is 0.132 e. The minimum Gasteiger partial charge on any atom is -0.206 e. The fourth-order valence-electron chi connectivity index (χ4n) is 2.20. The van der Waals surface area contributed by atoms with Gasteiger partial charge in [-0.1, -0.05) is 38.8 Å². The molecule has 0 heterocycles. The zero-order valence-corrected chi connectivity index (χ0v) is 12.5. The van der Waals surface area contributed by atoms with Crippen molar-refractivity contribution in [2.45, 2.75) is 44.4 Å². The first kappa shape index (κ1) is 14.4. The monoisotopic (exact) mass is 276 g/mol. The zero-order chi connectivity index (χ0) is 13.7. The van der Waals surface area contributed by atoms with E-state index in [9.17, 15) is 4.39 Å². The van der Waals surface area contributed by atoms with Gasteiger partial charge in [-0.25, -0.2) is 4.39 Å².